The molecule has 4 nitrogen and oxygen atoms in total. The molecule has 1 N–H and O–H groups in total. The highest BCUT2D eigenvalue weighted by molar-refractivity contribution is 6.42. The molecule has 0 bridgehead atoms. The number of carbonyl (C=O) groups is 1. The minimum absolute atomic E-state index is 0.0290. The van der Waals surface area contributed by atoms with Gasteiger partial charge in [0.15, 0.2) is 0 Å². The van der Waals surface area contributed by atoms with Crippen LogP contribution in [0.15, 0.2) is 48.0 Å². The van der Waals surface area contributed by atoms with E-state index in [-0.39, 0.29) is 5.57 Å². The Labute approximate surface area is 156 Å². The number of halogens is 2. The van der Waals surface area contributed by atoms with Crippen LogP contribution in [-0.2, 0) is 4.79 Å². The summed E-state index contributed by atoms with van der Waals surface area (Å²) in [5.41, 5.74) is 1.13. The van der Waals surface area contributed by atoms with Crippen molar-refractivity contribution in [3.8, 4) is 11.8 Å². The van der Waals surface area contributed by atoms with Crippen molar-refractivity contribution in [3.63, 3.8) is 0 Å². The number of hydrogen-bond donors (Lipinski definition) is 1. The zero-order valence-electron chi connectivity index (χ0n) is 13.6. The van der Waals surface area contributed by atoms with Crippen molar-refractivity contribution in [2.75, 3.05) is 11.9 Å². The van der Waals surface area contributed by atoms with Gasteiger partial charge >= 0.3 is 0 Å². The van der Waals surface area contributed by atoms with E-state index < -0.39 is 5.91 Å². The maximum Gasteiger partial charge on any atom is 0.266 e. The van der Waals surface area contributed by atoms with Crippen molar-refractivity contribution in [2.24, 2.45) is 0 Å². The Kier molecular flexibility index (Phi) is 6.88. The SMILES string of the molecule is CCCOc1cccc(/C=C(/C#N)C(=O)Nc2ccc(Cl)c(Cl)c2)c1. The molecule has 0 heterocycles. The first-order valence-corrected chi connectivity index (χ1v) is 8.40. The van der Waals surface area contributed by atoms with Crippen molar-refractivity contribution < 1.29 is 9.53 Å². The Balaban J connectivity index is 2.17. The number of carbonyl (C=O) groups excluding carboxylic acids is 1. The second-order valence-corrected chi connectivity index (χ2v) is 5.99. The molecule has 25 heavy (non-hydrogen) atoms. The van der Waals surface area contributed by atoms with Crippen LogP contribution in [0, 0.1) is 11.3 Å². The summed E-state index contributed by atoms with van der Waals surface area (Å²) in [6, 6.07) is 13.8. The standard InChI is InChI=1S/C19H16Cl2N2O2/c1-2-8-25-16-5-3-4-13(10-16)9-14(12-22)19(24)23-15-6-7-17(20)18(21)11-15/h3-7,9-11H,2,8H2,1H3,(H,23,24)/b14-9-. The van der Waals surface area contributed by atoms with E-state index in [0.717, 1.165) is 6.42 Å². The quantitative estimate of drug-likeness (QED) is 0.549. The molecule has 0 atom stereocenters. The van der Waals surface area contributed by atoms with Gasteiger partial charge in [0.2, 0.25) is 0 Å². The molecule has 2 aromatic carbocycles. The van der Waals surface area contributed by atoms with Crippen LogP contribution >= 0.6 is 23.2 Å². The third-order valence-electron chi connectivity index (χ3n) is 3.18. The maximum atomic E-state index is 12.3. The van der Waals surface area contributed by atoms with Gasteiger partial charge in [-0.25, -0.2) is 0 Å². The Morgan fingerprint density at radius 1 is 1.24 bits per heavy atom. The highest BCUT2D eigenvalue weighted by Gasteiger charge is 2.10. The molecule has 6 heteroatoms. The van der Waals surface area contributed by atoms with Crippen molar-refractivity contribution in [1.82, 2.24) is 0 Å². The number of nitriles is 1. The second-order valence-electron chi connectivity index (χ2n) is 5.17. The Morgan fingerprint density at radius 3 is 2.72 bits per heavy atom. The van der Waals surface area contributed by atoms with Gasteiger partial charge in [0.1, 0.15) is 17.4 Å². The van der Waals surface area contributed by atoms with Gasteiger partial charge in [-0.3, -0.25) is 4.79 Å². The fraction of sp³-hybridized carbons (Fsp3) is 0.158. The number of hydrogen-bond acceptors (Lipinski definition) is 3. The third kappa shape index (κ3) is 5.53. The summed E-state index contributed by atoms with van der Waals surface area (Å²) < 4.78 is 5.55. The predicted octanol–water partition coefficient (Wildman–Crippen LogP) is 5.33. The molecule has 0 saturated heterocycles. The molecule has 0 unspecified atom stereocenters. The van der Waals surface area contributed by atoms with Crippen LogP contribution in [0.3, 0.4) is 0 Å². The zero-order chi connectivity index (χ0) is 18.2. The largest absolute Gasteiger partial charge is 0.494 e. The molecule has 1 amide bonds. The minimum atomic E-state index is -0.527. The molecule has 128 valence electrons. The third-order valence-corrected chi connectivity index (χ3v) is 3.92. The molecule has 0 aliphatic rings. The van der Waals surface area contributed by atoms with E-state index in [1.165, 1.54) is 12.1 Å². The van der Waals surface area contributed by atoms with Crippen LogP contribution in [0.5, 0.6) is 5.75 Å². The molecule has 0 aromatic heterocycles. The van der Waals surface area contributed by atoms with Crippen molar-refractivity contribution in [3.05, 3.63) is 63.6 Å². The Morgan fingerprint density at radius 2 is 2.04 bits per heavy atom. The second kappa shape index (κ2) is 9.12. The van der Waals surface area contributed by atoms with Crippen LogP contribution in [0.2, 0.25) is 10.0 Å². The topological polar surface area (TPSA) is 62.1 Å². The van der Waals surface area contributed by atoms with Crippen LogP contribution in [-0.4, -0.2) is 12.5 Å². The Bertz CT molecular complexity index is 842. The highest BCUT2D eigenvalue weighted by Crippen LogP contribution is 2.25. The van der Waals surface area contributed by atoms with Gasteiger partial charge in [0.05, 0.1) is 16.7 Å². The summed E-state index contributed by atoms with van der Waals surface area (Å²) in [7, 11) is 0. The van der Waals surface area contributed by atoms with Gasteiger partial charge < -0.3 is 10.1 Å². The van der Waals surface area contributed by atoms with Crippen LogP contribution < -0.4 is 10.1 Å². The summed E-state index contributed by atoms with van der Waals surface area (Å²) >= 11 is 11.8. The van der Waals surface area contributed by atoms with Crippen LogP contribution in [0.4, 0.5) is 5.69 Å². The monoisotopic (exact) mass is 374 g/mol. The summed E-state index contributed by atoms with van der Waals surface area (Å²) in [4.78, 5) is 12.3. The van der Waals surface area contributed by atoms with Gasteiger partial charge in [0, 0.05) is 5.69 Å². The van der Waals surface area contributed by atoms with Crippen LogP contribution in [0.1, 0.15) is 18.9 Å². The van der Waals surface area contributed by atoms with Gasteiger partial charge in [-0.1, -0.05) is 42.3 Å². The van der Waals surface area contributed by atoms with E-state index in [1.54, 1.807) is 24.3 Å². The Hall–Kier alpha value is -2.48. The number of ether oxygens (including phenoxy) is 1. The van der Waals surface area contributed by atoms with E-state index in [0.29, 0.717) is 33.7 Å². The first-order valence-electron chi connectivity index (χ1n) is 7.64. The predicted molar refractivity (Wildman–Crippen MR) is 101 cm³/mol. The number of amides is 1. The normalized spacial score (nSPS) is 10.9. The number of nitrogens with one attached hydrogen (secondary N) is 1. The van der Waals surface area contributed by atoms with E-state index in [4.69, 9.17) is 27.9 Å². The molecule has 0 radical (unpaired) electrons. The van der Waals surface area contributed by atoms with E-state index >= 15 is 0 Å². The van der Waals surface area contributed by atoms with Crippen molar-refractivity contribution >= 4 is 40.9 Å². The number of rotatable bonds is 6. The average molecular weight is 375 g/mol. The van der Waals surface area contributed by atoms with Crippen molar-refractivity contribution in [1.29, 1.82) is 5.26 Å². The van der Waals surface area contributed by atoms with Gasteiger partial charge in [0.25, 0.3) is 5.91 Å². The van der Waals surface area contributed by atoms with Gasteiger partial charge in [-0.2, -0.15) is 5.26 Å². The minimum Gasteiger partial charge on any atom is -0.494 e. The lowest BCUT2D eigenvalue weighted by Crippen LogP contribution is -2.13. The maximum absolute atomic E-state index is 12.3. The lowest BCUT2D eigenvalue weighted by atomic mass is 10.1. The number of nitrogens with zero attached hydrogens (tertiary/aromatic N) is 1. The molecule has 0 aliphatic carbocycles. The molecule has 0 aliphatic heterocycles. The van der Waals surface area contributed by atoms with Gasteiger partial charge in [-0.15, -0.1) is 0 Å². The highest BCUT2D eigenvalue weighted by atomic mass is 35.5. The summed E-state index contributed by atoms with van der Waals surface area (Å²) in [5.74, 6) is 0.165. The lowest BCUT2D eigenvalue weighted by Gasteiger charge is -2.07. The molecular formula is C19H16Cl2N2O2. The van der Waals surface area contributed by atoms with E-state index in [2.05, 4.69) is 5.32 Å². The molecular weight excluding hydrogens is 359 g/mol. The number of anilines is 1. The molecule has 0 fully saturated rings. The average Bonchev–Trinajstić information content (AvgIpc) is 2.61. The molecule has 0 spiro atoms. The fourth-order valence-corrected chi connectivity index (χ4v) is 2.30. The lowest BCUT2D eigenvalue weighted by molar-refractivity contribution is -0.112. The first kappa shape index (κ1) is 18.9. The zero-order valence-corrected chi connectivity index (χ0v) is 15.1. The van der Waals surface area contributed by atoms with E-state index in [1.807, 2.05) is 25.1 Å². The molecule has 2 rings (SSSR count). The van der Waals surface area contributed by atoms with Crippen LogP contribution in [0.25, 0.3) is 6.08 Å². The summed E-state index contributed by atoms with van der Waals surface area (Å²) in [6.07, 6.45) is 2.40. The summed E-state index contributed by atoms with van der Waals surface area (Å²) in [5, 5.41) is 12.6. The molecule has 2 aromatic rings. The van der Waals surface area contributed by atoms with Crippen molar-refractivity contribution in [2.45, 2.75) is 13.3 Å². The molecule has 0 saturated carbocycles. The van der Waals surface area contributed by atoms with Gasteiger partial charge in [-0.05, 0) is 48.4 Å². The number of benzene rings is 2. The first-order chi connectivity index (χ1) is 12.0. The summed E-state index contributed by atoms with van der Waals surface area (Å²) in [6.45, 7) is 2.63. The fourth-order valence-electron chi connectivity index (χ4n) is 2.00. The smallest absolute Gasteiger partial charge is 0.266 e. The van der Waals surface area contributed by atoms with E-state index in [9.17, 15) is 10.1 Å².